The van der Waals surface area contributed by atoms with Crippen LogP contribution in [0.1, 0.15) is 40.5 Å². The number of ether oxygens (including phenoxy) is 2. The molecule has 2 aromatic heterocycles. The number of hydrogen-bond donors (Lipinski definition) is 2. The monoisotopic (exact) mass is 476 g/mol. The lowest BCUT2D eigenvalue weighted by Crippen LogP contribution is -2.28. The van der Waals surface area contributed by atoms with Gasteiger partial charge in [-0.25, -0.2) is 14.4 Å². The Morgan fingerprint density at radius 2 is 2.06 bits per heavy atom. The number of aliphatic hydroxyl groups excluding tert-OH is 1. The minimum atomic E-state index is -0.689. The second-order valence-corrected chi connectivity index (χ2v) is 8.49. The number of methoxy groups -OCH3 is 1. The number of hydrogen-bond acceptors (Lipinski definition) is 7. The van der Waals surface area contributed by atoms with Gasteiger partial charge < -0.3 is 20.3 Å². The van der Waals surface area contributed by atoms with Crippen LogP contribution in [0.3, 0.4) is 0 Å². The van der Waals surface area contributed by atoms with Crippen LogP contribution in [-0.2, 0) is 4.74 Å². The average molecular weight is 477 g/mol. The van der Waals surface area contributed by atoms with Crippen LogP contribution in [0, 0.1) is 5.82 Å². The Bertz CT molecular complexity index is 1380. The fourth-order valence-corrected chi connectivity index (χ4v) is 4.51. The number of carbonyl (C=O) groups excluding carboxylic acids is 1. The standard InChI is InChI=1S/C26H25FN4O4/c1-34-20-4-2-3-19(21(20)27)24(33)16-7-5-15(6-8-16)22-23-25(28)29-11-12-31(23)26(30-22)17-9-10-18(13-32)35-14-17/h2-8,11-12,17-18,32H,9-10,13-14H2,1H3,(H2,28,29). The molecule has 0 bridgehead atoms. The molecule has 0 spiro atoms. The molecule has 0 aliphatic carbocycles. The van der Waals surface area contributed by atoms with Crippen molar-refractivity contribution in [3.05, 3.63) is 77.6 Å². The number of nitrogen functional groups attached to an aromatic ring is 1. The number of aromatic nitrogens is 3. The van der Waals surface area contributed by atoms with Crippen LogP contribution in [0.5, 0.6) is 5.75 Å². The lowest BCUT2D eigenvalue weighted by Gasteiger charge is -2.27. The molecule has 180 valence electrons. The van der Waals surface area contributed by atoms with Gasteiger partial charge >= 0.3 is 0 Å². The third-order valence-corrected chi connectivity index (χ3v) is 6.40. The molecule has 9 heteroatoms. The van der Waals surface area contributed by atoms with Gasteiger partial charge in [-0.1, -0.05) is 30.3 Å². The summed E-state index contributed by atoms with van der Waals surface area (Å²) in [6, 6.07) is 11.3. The molecule has 1 aliphatic heterocycles. The molecule has 35 heavy (non-hydrogen) atoms. The summed E-state index contributed by atoms with van der Waals surface area (Å²) < 4.78 is 27.3. The summed E-state index contributed by atoms with van der Waals surface area (Å²) in [5, 5.41) is 9.36. The third kappa shape index (κ3) is 4.13. The minimum Gasteiger partial charge on any atom is -0.494 e. The van der Waals surface area contributed by atoms with Gasteiger partial charge in [0.25, 0.3) is 0 Å². The maximum absolute atomic E-state index is 14.6. The van der Waals surface area contributed by atoms with Crippen molar-refractivity contribution in [3.8, 4) is 17.0 Å². The highest BCUT2D eigenvalue weighted by Crippen LogP contribution is 2.34. The molecular formula is C26H25FN4O4. The van der Waals surface area contributed by atoms with Gasteiger partial charge in [0.05, 0.1) is 32.0 Å². The van der Waals surface area contributed by atoms with Crippen molar-refractivity contribution in [2.45, 2.75) is 24.9 Å². The van der Waals surface area contributed by atoms with Gasteiger partial charge in [0.1, 0.15) is 22.9 Å². The van der Waals surface area contributed by atoms with Crippen molar-refractivity contribution in [2.75, 3.05) is 26.1 Å². The van der Waals surface area contributed by atoms with E-state index < -0.39 is 11.6 Å². The molecule has 0 radical (unpaired) electrons. The Balaban J connectivity index is 1.50. The zero-order chi connectivity index (χ0) is 24.5. The molecule has 1 saturated heterocycles. The van der Waals surface area contributed by atoms with E-state index in [1.54, 1.807) is 36.5 Å². The number of nitrogens with two attached hydrogens (primary N) is 1. The summed E-state index contributed by atoms with van der Waals surface area (Å²) in [6.45, 7) is 0.452. The van der Waals surface area contributed by atoms with Crippen LogP contribution in [0.4, 0.5) is 10.2 Å². The predicted octanol–water partition coefficient (Wildman–Crippen LogP) is 3.61. The fraction of sp³-hybridized carbons (Fsp3) is 0.269. The van der Waals surface area contributed by atoms with Crippen molar-refractivity contribution >= 4 is 17.1 Å². The first kappa shape index (κ1) is 22.9. The molecule has 4 aromatic rings. The number of fused-ring (bicyclic) bond motifs is 1. The molecule has 1 aliphatic rings. The van der Waals surface area contributed by atoms with E-state index in [0.717, 1.165) is 24.2 Å². The van der Waals surface area contributed by atoms with E-state index in [1.165, 1.54) is 19.2 Å². The summed E-state index contributed by atoms with van der Waals surface area (Å²) in [5.74, 6) is 0.0687. The van der Waals surface area contributed by atoms with Crippen molar-refractivity contribution in [3.63, 3.8) is 0 Å². The number of aliphatic hydroxyl groups is 1. The molecular weight excluding hydrogens is 451 g/mol. The van der Waals surface area contributed by atoms with E-state index >= 15 is 0 Å². The maximum atomic E-state index is 14.6. The van der Waals surface area contributed by atoms with Gasteiger partial charge in [0, 0.05) is 29.4 Å². The van der Waals surface area contributed by atoms with Crippen molar-refractivity contribution < 1.29 is 23.8 Å². The quantitative estimate of drug-likeness (QED) is 0.409. The van der Waals surface area contributed by atoms with Crippen molar-refractivity contribution in [2.24, 2.45) is 0 Å². The first-order chi connectivity index (χ1) is 17.0. The Hall–Kier alpha value is -3.82. The lowest BCUT2D eigenvalue weighted by molar-refractivity contribution is -0.0282. The van der Waals surface area contributed by atoms with Crippen LogP contribution in [0.25, 0.3) is 16.8 Å². The molecule has 2 atom stereocenters. The molecule has 3 heterocycles. The zero-order valence-corrected chi connectivity index (χ0v) is 19.1. The number of rotatable bonds is 6. The molecule has 2 unspecified atom stereocenters. The molecule has 8 nitrogen and oxygen atoms in total. The highest BCUT2D eigenvalue weighted by atomic mass is 19.1. The molecule has 0 amide bonds. The predicted molar refractivity (Wildman–Crippen MR) is 128 cm³/mol. The summed E-state index contributed by atoms with van der Waals surface area (Å²) in [6.07, 6.45) is 4.86. The summed E-state index contributed by atoms with van der Waals surface area (Å²) in [4.78, 5) is 22.1. The van der Waals surface area contributed by atoms with E-state index in [1.807, 2.05) is 10.6 Å². The molecule has 0 saturated carbocycles. The van der Waals surface area contributed by atoms with E-state index in [2.05, 4.69) is 4.98 Å². The third-order valence-electron chi connectivity index (χ3n) is 6.40. The summed E-state index contributed by atoms with van der Waals surface area (Å²) >= 11 is 0. The van der Waals surface area contributed by atoms with E-state index in [-0.39, 0.29) is 29.9 Å². The molecule has 5 rings (SSSR count). The number of nitrogens with zero attached hydrogens (tertiary/aromatic N) is 3. The fourth-order valence-electron chi connectivity index (χ4n) is 4.51. The summed E-state index contributed by atoms with van der Waals surface area (Å²) in [5.41, 5.74) is 8.58. The molecule has 2 aromatic carbocycles. The number of imidazole rings is 1. The van der Waals surface area contributed by atoms with Gasteiger partial charge in [-0.3, -0.25) is 9.20 Å². The Morgan fingerprint density at radius 3 is 2.74 bits per heavy atom. The van der Waals surface area contributed by atoms with Crippen molar-refractivity contribution in [1.29, 1.82) is 0 Å². The van der Waals surface area contributed by atoms with Gasteiger partial charge in [-0.2, -0.15) is 0 Å². The van der Waals surface area contributed by atoms with E-state index in [9.17, 15) is 14.3 Å². The van der Waals surface area contributed by atoms with Crippen LogP contribution in [-0.4, -0.2) is 51.7 Å². The van der Waals surface area contributed by atoms with Crippen LogP contribution in [0.15, 0.2) is 54.9 Å². The normalized spacial score (nSPS) is 18.0. The topological polar surface area (TPSA) is 112 Å². The smallest absolute Gasteiger partial charge is 0.196 e. The first-order valence-corrected chi connectivity index (χ1v) is 11.3. The number of anilines is 1. The molecule has 1 fully saturated rings. The van der Waals surface area contributed by atoms with Gasteiger partial charge in [-0.15, -0.1) is 0 Å². The lowest BCUT2D eigenvalue weighted by atomic mass is 9.98. The zero-order valence-electron chi connectivity index (χ0n) is 19.1. The highest BCUT2D eigenvalue weighted by Gasteiger charge is 2.28. The second-order valence-electron chi connectivity index (χ2n) is 8.49. The second kappa shape index (κ2) is 9.44. The van der Waals surface area contributed by atoms with Crippen molar-refractivity contribution in [1.82, 2.24) is 14.4 Å². The van der Waals surface area contributed by atoms with E-state index in [4.69, 9.17) is 20.2 Å². The number of ketones is 1. The minimum absolute atomic E-state index is 0.00189. The van der Waals surface area contributed by atoms with Gasteiger partial charge in [-0.05, 0) is 25.0 Å². The van der Waals surface area contributed by atoms with Crippen LogP contribution in [0.2, 0.25) is 0 Å². The Labute approximate surface area is 201 Å². The van der Waals surface area contributed by atoms with Crippen LogP contribution >= 0.6 is 0 Å². The number of halogens is 1. The molecule has 3 N–H and O–H groups in total. The average Bonchev–Trinajstić information content (AvgIpc) is 3.29. The Kier molecular flexibility index (Phi) is 6.19. The maximum Gasteiger partial charge on any atom is 0.196 e. The van der Waals surface area contributed by atoms with Gasteiger partial charge in [0.2, 0.25) is 0 Å². The number of benzene rings is 2. The van der Waals surface area contributed by atoms with E-state index in [0.29, 0.717) is 29.2 Å². The number of carbonyl (C=O) groups is 1. The largest absolute Gasteiger partial charge is 0.494 e. The summed E-state index contributed by atoms with van der Waals surface area (Å²) in [7, 11) is 1.36. The SMILES string of the molecule is COc1cccc(C(=O)c2ccc(-c3nc(C4CCC(CO)OC4)n4ccnc(N)c34)cc2)c1F. The van der Waals surface area contributed by atoms with Gasteiger partial charge in [0.15, 0.2) is 17.3 Å². The Morgan fingerprint density at radius 1 is 1.26 bits per heavy atom. The first-order valence-electron chi connectivity index (χ1n) is 11.3. The van der Waals surface area contributed by atoms with Crippen LogP contribution < -0.4 is 10.5 Å². The highest BCUT2D eigenvalue weighted by molar-refractivity contribution is 6.09.